The Morgan fingerprint density at radius 3 is 2.31 bits per heavy atom. The van der Waals surface area contributed by atoms with Crippen LogP contribution in [0.1, 0.15) is 31.9 Å². The van der Waals surface area contributed by atoms with Crippen LogP contribution in [-0.2, 0) is 21.4 Å². The number of aliphatic hydroxyl groups is 1. The topological polar surface area (TPSA) is 87.0 Å². The Morgan fingerprint density at radius 1 is 1.03 bits per heavy atom. The van der Waals surface area contributed by atoms with Gasteiger partial charge in [-0.05, 0) is 17.0 Å². The van der Waals surface area contributed by atoms with Crippen molar-refractivity contribution in [2.24, 2.45) is 9.81 Å². The standard InChI is InChI=1S/C22H22N2O4S/c1-22(2,3)20-19(25)17(21(26)24(20)13-14-9-5-4-6-10-14)18-15-11-7-8-12-16(15)29(27,28)23-18/h4-12,20,25H,13H2,1-3H3/t20-/m1/s1. The van der Waals surface area contributed by atoms with Gasteiger partial charge in [0.15, 0.2) is 0 Å². The highest BCUT2D eigenvalue weighted by molar-refractivity contribution is 7.90. The van der Waals surface area contributed by atoms with E-state index in [0.717, 1.165) is 5.56 Å². The molecule has 6 nitrogen and oxygen atoms in total. The van der Waals surface area contributed by atoms with Crippen molar-refractivity contribution in [1.82, 2.24) is 4.90 Å². The zero-order valence-electron chi connectivity index (χ0n) is 16.5. The first-order valence-corrected chi connectivity index (χ1v) is 10.8. The Labute approximate surface area is 170 Å². The summed E-state index contributed by atoms with van der Waals surface area (Å²) in [4.78, 5) is 15.1. The minimum Gasteiger partial charge on any atom is -0.509 e. The SMILES string of the molecule is CC(C)(C)[C@H]1C(O)=C(C2=NS(=O)(=O)c3ccccc32)C(=O)N1Cc1ccccc1. The van der Waals surface area contributed by atoms with Gasteiger partial charge in [0, 0.05) is 12.1 Å². The predicted octanol–water partition coefficient (Wildman–Crippen LogP) is 3.45. The number of aliphatic hydroxyl groups excluding tert-OH is 1. The second-order valence-corrected chi connectivity index (χ2v) is 9.93. The first-order chi connectivity index (χ1) is 13.6. The van der Waals surface area contributed by atoms with Crippen LogP contribution in [0.3, 0.4) is 0 Å². The van der Waals surface area contributed by atoms with Gasteiger partial charge >= 0.3 is 0 Å². The molecule has 0 aromatic heterocycles. The summed E-state index contributed by atoms with van der Waals surface area (Å²) >= 11 is 0. The molecule has 2 aliphatic rings. The molecule has 150 valence electrons. The van der Waals surface area contributed by atoms with Gasteiger partial charge in [-0.15, -0.1) is 0 Å². The third-order valence-electron chi connectivity index (χ3n) is 5.19. The maximum atomic E-state index is 13.4. The van der Waals surface area contributed by atoms with Crippen molar-refractivity contribution in [3.63, 3.8) is 0 Å². The van der Waals surface area contributed by atoms with Crippen LogP contribution in [0.2, 0.25) is 0 Å². The quantitative estimate of drug-likeness (QED) is 0.840. The average Bonchev–Trinajstić information content (AvgIpc) is 3.06. The van der Waals surface area contributed by atoms with E-state index in [0.29, 0.717) is 12.1 Å². The number of hydrogen-bond acceptors (Lipinski definition) is 4. The average molecular weight is 410 g/mol. The first-order valence-electron chi connectivity index (χ1n) is 9.34. The fraction of sp³-hybridized carbons (Fsp3) is 0.273. The van der Waals surface area contributed by atoms with Crippen LogP contribution in [-0.4, -0.2) is 36.1 Å². The van der Waals surface area contributed by atoms with E-state index >= 15 is 0 Å². The van der Waals surface area contributed by atoms with Gasteiger partial charge in [0.05, 0.1) is 10.9 Å². The van der Waals surface area contributed by atoms with E-state index in [1.807, 2.05) is 51.1 Å². The van der Waals surface area contributed by atoms with Gasteiger partial charge in [-0.2, -0.15) is 12.8 Å². The zero-order valence-corrected chi connectivity index (χ0v) is 17.3. The lowest BCUT2D eigenvalue weighted by Crippen LogP contribution is -2.43. The summed E-state index contributed by atoms with van der Waals surface area (Å²) in [7, 11) is -3.90. The van der Waals surface area contributed by atoms with Crippen LogP contribution >= 0.6 is 0 Å². The van der Waals surface area contributed by atoms with Gasteiger partial charge in [0.1, 0.15) is 17.0 Å². The number of benzene rings is 2. The van der Waals surface area contributed by atoms with E-state index in [1.165, 1.54) is 6.07 Å². The Bertz CT molecular complexity index is 1160. The summed E-state index contributed by atoms with van der Waals surface area (Å²) < 4.78 is 28.8. The maximum Gasteiger partial charge on any atom is 0.283 e. The number of carbonyl (C=O) groups is 1. The largest absolute Gasteiger partial charge is 0.509 e. The van der Waals surface area contributed by atoms with Crippen molar-refractivity contribution in [2.45, 2.75) is 38.3 Å². The fourth-order valence-electron chi connectivity index (χ4n) is 3.98. The minimum atomic E-state index is -3.90. The second-order valence-electron chi connectivity index (χ2n) is 8.36. The van der Waals surface area contributed by atoms with Crippen LogP contribution in [0.5, 0.6) is 0 Å². The summed E-state index contributed by atoms with van der Waals surface area (Å²) in [6.45, 7) is 6.10. The number of carbonyl (C=O) groups excluding carboxylic acids is 1. The lowest BCUT2D eigenvalue weighted by atomic mass is 9.84. The molecule has 0 spiro atoms. The van der Waals surface area contributed by atoms with Gasteiger partial charge in [0.25, 0.3) is 15.9 Å². The number of fused-ring (bicyclic) bond motifs is 1. The van der Waals surface area contributed by atoms with Gasteiger partial charge in [-0.1, -0.05) is 69.3 Å². The molecule has 0 radical (unpaired) electrons. The van der Waals surface area contributed by atoms with Gasteiger partial charge < -0.3 is 10.0 Å². The lowest BCUT2D eigenvalue weighted by molar-refractivity contribution is -0.129. The molecule has 0 bridgehead atoms. The Balaban J connectivity index is 1.84. The van der Waals surface area contributed by atoms with Crippen molar-refractivity contribution in [2.75, 3.05) is 0 Å². The van der Waals surface area contributed by atoms with Crippen LogP contribution in [0.25, 0.3) is 0 Å². The van der Waals surface area contributed by atoms with Crippen molar-refractivity contribution < 1.29 is 18.3 Å². The zero-order chi connectivity index (χ0) is 21.0. The number of nitrogens with zero attached hydrogens (tertiary/aromatic N) is 2. The van der Waals surface area contributed by atoms with E-state index in [2.05, 4.69) is 4.40 Å². The second kappa shape index (κ2) is 6.56. The Kier molecular flexibility index (Phi) is 4.38. The number of hydrogen-bond donors (Lipinski definition) is 1. The molecule has 0 unspecified atom stereocenters. The van der Waals surface area contributed by atoms with Crippen molar-refractivity contribution >= 4 is 21.6 Å². The highest BCUT2D eigenvalue weighted by atomic mass is 32.2. The van der Waals surface area contributed by atoms with Crippen LogP contribution in [0, 0.1) is 5.41 Å². The van der Waals surface area contributed by atoms with E-state index in [9.17, 15) is 18.3 Å². The van der Waals surface area contributed by atoms with Crippen molar-refractivity contribution in [1.29, 1.82) is 0 Å². The molecule has 0 saturated heterocycles. The van der Waals surface area contributed by atoms with Gasteiger partial charge in [-0.3, -0.25) is 4.79 Å². The van der Waals surface area contributed by atoms with E-state index in [4.69, 9.17) is 0 Å². The molecule has 0 aliphatic carbocycles. The molecule has 1 amide bonds. The maximum absolute atomic E-state index is 13.4. The molecule has 2 heterocycles. The molecule has 29 heavy (non-hydrogen) atoms. The fourth-order valence-corrected chi connectivity index (χ4v) is 5.21. The van der Waals surface area contributed by atoms with Crippen molar-refractivity contribution in [3.05, 3.63) is 77.1 Å². The molecular formula is C22H22N2O4S. The third kappa shape index (κ3) is 3.15. The molecule has 1 N–H and O–H groups in total. The first kappa shape index (κ1) is 19.4. The van der Waals surface area contributed by atoms with Crippen LogP contribution < -0.4 is 0 Å². The van der Waals surface area contributed by atoms with E-state index < -0.39 is 27.4 Å². The summed E-state index contributed by atoms with van der Waals surface area (Å²) in [5.74, 6) is -0.555. The predicted molar refractivity (Wildman–Crippen MR) is 110 cm³/mol. The van der Waals surface area contributed by atoms with Crippen LogP contribution in [0.4, 0.5) is 0 Å². The summed E-state index contributed by atoms with van der Waals surface area (Å²) in [5, 5.41) is 11.1. The monoisotopic (exact) mass is 410 g/mol. The Hall–Kier alpha value is -2.93. The molecule has 4 rings (SSSR count). The summed E-state index contributed by atoms with van der Waals surface area (Å²) in [6.07, 6.45) is 0. The molecule has 7 heteroatoms. The van der Waals surface area contributed by atoms with E-state index in [-0.39, 0.29) is 21.9 Å². The molecule has 1 atom stereocenters. The molecule has 0 saturated carbocycles. The highest BCUT2D eigenvalue weighted by Gasteiger charge is 2.48. The van der Waals surface area contributed by atoms with Crippen LogP contribution in [0.15, 0.2) is 75.2 Å². The molecular weight excluding hydrogens is 388 g/mol. The molecule has 2 aliphatic heterocycles. The molecule has 2 aromatic rings. The number of rotatable bonds is 3. The molecule has 0 fully saturated rings. The number of amides is 1. The normalized spacial score (nSPS) is 20.8. The smallest absolute Gasteiger partial charge is 0.283 e. The lowest BCUT2D eigenvalue weighted by Gasteiger charge is -2.35. The molecule has 2 aromatic carbocycles. The number of sulfonamides is 1. The van der Waals surface area contributed by atoms with Gasteiger partial charge in [-0.25, -0.2) is 0 Å². The van der Waals surface area contributed by atoms with E-state index in [1.54, 1.807) is 23.1 Å². The Morgan fingerprint density at radius 2 is 1.66 bits per heavy atom. The third-order valence-corrected chi connectivity index (χ3v) is 6.52. The minimum absolute atomic E-state index is 0.0212. The highest BCUT2D eigenvalue weighted by Crippen LogP contribution is 2.40. The van der Waals surface area contributed by atoms with Crippen molar-refractivity contribution in [3.8, 4) is 0 Å². The summed E-state index contributed by atoms with van der Waals surface area (Å²) in [5.41, 5.74) is 0.790. The summed E-state index contributed by atoms with van der Waals surface area (Å²) in [6, 6.07) is 15.3. The van der Waals surface area contributed by atoms with Gasteiger partial charge in [0.2, 0.25) is 0 Å².